The second-order valence-electron chi connectivity index (χ2n) is 6.00. The number of piperazine rings is 1. The number of rotatable bonds is 4. The number of primary amides is 1. The molecule has 2 bridgehead atoms. The normalized spacial score (nSPS) is 27.2. The van der Waals surface area contributed by atoms with Crippen LogP contribution in [0.1, 0.15) is 27.1 Å². The van der Waals surface area contributed by atoms with Crippen molar-refractivity contribution in [2.75, 3.05) is 39.3 Å². The van der Waals surface area contributed by atoms with Crippen molar-refractivity contribution in [3.63, 3.8) is 0 Å². The van der Waals surface area contributed by atoms with Crippen LogP contribution in [0, 0.1) is 0 Å². The Morgan fingerprint density at radius 1 is 1.09 bits per heavy atom. The molecule has 118 valence electrons. The predicted molar refractivity (Wildman–Crippen MR) is 83.7 cm³/mol. The maximum Gasteiger partial charge on any atom is 0.251 e. The smallest absolute Gasteiger partial charge is 0.251 e. The summed E-state index contributed by atoms with van der Waals surface area (Å²) in [5.74, 6) is -0.587. The molecule has 0 aliphatic carbocycles. The molecule has 3 aliphatic heterocycles. The minimum absolute atomic E-state index is 0.104. The van der Waals surface area contributed by atoms with Crippen molar-refractivity contribution >= 4 is 11.8 Å². The molecule has 2 amide bonds. The highest BCUT2D eigenvalue weighted by atomic mass is 16.2. The molecule has 3 aliphatic rings. The van der Waals surface area contributed by atoms with Crippen molar-refractivity contribution < 1.29 is 9.59 Å². The number of benzene rings is 1. The van der Waals surface area contributed by atoms with Gasteiger partial charge in [-0.25, -0.2) is 0 Å². The van der Waals surface area contributed by atoms with E-state index in [4.69, 9.17) is 5.73 Å². The van der Waals surface area contributed by atoms with E-state index < -0.39 is 5.91 Å². The number of amides is 2. The maximum absolute atomic E-state index is 12.2. The Labute approximate surface area is 130 Å². The van der Waals surface area contributed by atoms with Crippen LogP contribution in [-0.2, 0) is 0 Å². The van der Waals surface area contributed by atoms with Crippen molar-refractivity contribution in [1.82, 2.24) is 15.1 Å². The molecule has 1 aromatic carbocycles. The highest BCUT2D eigenvalue weighted by Crippen LogP contribution is 2.15. The summed E-state index contributed by atoms with van der Waals surface area (Å²) in [5.41, 5.74) is 6.16. The average molecular weight is 302 g/mol. The van der Waals surface area contributed by atoms with E-state index >= 15 is 0 Å². The summed E-state index contributed by atoms with van der Waals surface area (Å²) in [7, 11) is 0. The van der Waals surface area contributed by atoms with Crippen LogP contribution < -0.4 is 11.1 Å². The number of hydrogen-bond acceptors (Lipinski definition) is 4. The quantitative estimate of drug-likeness (QED) is 0.814. The lowest BCUT2D eigenvalue weighted by Crippen LogP contribution is -2.54. The van der Waals surface area contributed by atoms with Gasteiger partial charge >= 0.3 is 0 Å². The molecule has 6 heteroatoms. The summed E-state index contributed by atoms with van der Waals surface area (Å²) in [4.78, 5) is 28.2. The first-order chi connectivity index (χ1) is 10.6. The molecule has 0 radical (unpaired) electrons. The predicted octanol–water partition coefficient (Wildman–Crippen LogP) is -0.0948. The topological polar surface area (TPSA) is 78.7 Å². The van der Waals surface area contributed by atoms with Gasteiger partial charge in [-0.05, 0) is 43.8 Å². The Balaban J connectivity index is 1.56. The van der Waals surface area contributed by atoms with Gasteiger partial charge in [-0.2, -0.15) is 0 Å². The van der Waals surface area contributed by atoms with Gasteiger partial charge < -0.3 is 16.0 Å². The van der Waals surface area contributed by atoms with Gasteiger partial charge in [-0.1, -0.05) is 0 Å². The zero-order valence-electron chi connectivity index (χ0n) is 12.6. The SMILES string of the molecule is NC(=O)c1ccc(C(=O)NC[C@H]2CN3CCCN2CC3)cc1. The minimum atomic E-state index is -0.483. The number of fused-ring (bicyclic) bond motifs is 4. The van der Waals surface area contributed by atoms with Gasteiger partial charge in [0.2, 0.25) is 5.91 Å². The van der Waals surface area contributed by atoms with Crippen molar-refractivity contribution in [2.45, 2.75) is 12.5 Å². The standard InChI is InChI=1S/C16H22N4O2/c17-15(21)12-2-4-13(5-3-12)16(22)18-10-14-11-19-6-1-7-20(14)9-8-19/h2-5,14H,1,6-11H2,(H2,17,21)(H,18,22)/t14-/m0/s1. The van der Waals surface area contributed by atoms with Gasteiger partial charge in [-0.15, -0.1) is 0 Å². The molecule has 3 atom stereocenters. The highest BCUT2D eigenvalue weighted by molar-refractivity contribution is 5.97. The monoisotopic (exact) mass is 302 g/mol. The molecule has 1 aromatic rings. The summed E-state index contributed by atoms with van der Waals surface area (Å²) in [6, 6.07) is 6.84. The Bertz CT molecular complexity index is 554. The van der Waals surface area contributed by atoms with Crippen LogP contribution in [0.4, 0.5) is 0 Å². The van der Waals surface area contributed by atoms with Crippen LogP contribution in [0.2, 0.25) is 0 Å². The van der Waals surface area contributed by atoms with Crippen LogP contribution in [0.15, 0.2) is 24.3 Å². The zero-order chi connectivity index (χ0) is 15.5. The summed E-state index contributed by atoms with van der Waals surface area (Å²) in [6.07, 6.45) is 1.21. The van der Waals surface area contributed by atoms with Gasteiger partial charge in [0, 0.05) is 43.3 Å². The molecule has 0 spiro atoms. The minimum Gasteiger partial charge on any atom is -0.366 e. The Kier molecular flexibility index (Phi) is 4.40. The van der Waals surface area contributed by atoms with Gasteiger partial charge in [0.05, 0.1) is 0 Å². The van der Waals surface area contributed by atoms with Gasteiger partial charge in [0.25, 0.3) is 5.91 Å². The summed E-state index contributed by atoms with van der Waals surface area (Å²) < 4.78 is 0. The van der Waals surface area contributed by atoms with Crippen molar-refractivity contribution in [3.8, 4) is 0 Å². The molecule has 4 rings (SSSR count). The lowest BCUT2D eigenvalue weighted by Gasteiger charge is -2.37. The number of carbonyl (C=O) groups excluding carboxylic acids is 2. The van der Waals surface area contributed by atoms with E-state index in [-0.39, 0.29) is 5.91 Å². The lowest BCUT2D eigenvalue weighted by molar-refractivity contribution is 0.0878. The molecule has 0 saturated carbocycles. The van der Waals surface area contributed by atoms with Crippen LogP contribution >= 0.6 is 0 Å². The number of hydrogen-bond donors (Lipinski definition) is 2. The van der Waals surface area contributed by atoms with Crippen LogP contribution in [0.3, 0.4) is 0 Å². The second kappa shape index (κ2) is 6.46. The van der Waals surface area contributed by atoms with Crippen molar-refractivity contribution in [3.05, 3.63) is 35.4 Å². The third-order valence-corrected chi connectivity index (χ3v) is 4.54. The molecule has 3 saturated heterocycles. The second-order valence-corrected chi connectivity index (χ2v) is 6.00. The molecule has 6 nitrogen and oxygen atoms in total. The van der Waals surface area contributed by atoms with Crippen LogP contribution in [-0.4, -0.2) is 66.9 Å². The zero-order valence-corrected chi connectivity index (χ0v) is 12.6. The summed E-state index contributed by atoms with van der Waals surface area (Å²) >= 11 is 0. The lowest BCUT2D eigenvalue weighted by atomic mass is 10.1. The fourth-order valence-corrected chi connectivity index (χ4v) is 3.24. The Morgan fingerprint density at radius 3 is 2.55 bits per heavy atom. The van der Waals surface area contributed by atoms with Crippen molar-refractivity contribution in [1.29, 1.82) is 0 Å². The molecular weight excluding hydrogens is 280 g/mol. The number of nitrogens with zero attached hydrogens (tertiary/aromatic N) is 2. The number of nitrogens with one attached hydrogen (secondary N) is 1. The van der Waals surface area contributed by atoms with E-state index in [0.717, 1.165) is 32.7 Å². The van der Waals surface area contributed by atoms with Crippen LogP contribution in [0.25, 0.3) is 0 Å². The first kappa shape index (κ1) is 15.0. The van der Waals surface area contributed by atoms with Gasteiger partial charge in [0.1, 0.15) is 0 Å². The van der Waals surface area contributed by atoms with E-state index in [0.29, 0.717) is 23.7 Å². The molecule has 3 fully saturated rings. The first-order valence-electron chi connectivity index (χ1n) is 7.78. The third kappa shape index (κ3) is 3.28. The number of carbonyl (C=O) groups is 2. The highest BCUT2D eigenvalue weighted by Gasteiger charge is 2.29. The fourth-order valence-electron chi connectivity index (χ4n) is 3.24. The summed E-state index contributed by atoms with van der Waals surface area (Å²) in [6.45, 7) is 6.19. The molecular formula is C16H22N4O2. The average Bonchev–Trinajstić information content (AvgIpc) is 2.88. The number of nitrogens with two attached hydrogens (primary N) is 1. The van der Waals surface area contributed by atoms with E-state index in [1.807, 2.05) is 0 Å². The third-order valence-electron chi connectivity index (χ3n) is 4.54. The molecule has 2 unspecified atom stereocenters. The summed E-state index contributed by atoms with van der Waals surface area (Å²) in [5, 5.41) is 3.01. The van der Waals surface area contributed by atoms with Gasteiger partial charge in [0.15, 0.2) is 0 Å². The van der Waals surface area contributed by atoms with E-state index in [1.54, 1.807) is 24.3 Å². The fraction of sp³-hybridized carbons (Fsp3) is 0.500. The Morgan fingerprint density at radius 2 is 1.82 bits per heavy atom. The molecule has 0 aromatic heterocycles. The maximum atomic E-state index is 12.2. The molecule has 3 N–H and O–H groups in total. The Hall–Kier alpha value is -1.92. The molecule has 3 heterocycles. The first-order valence-corrected chi connectivity index (χ1v) is 7.78. The van der Waals surface area contributed by atoms with Crippen LogP contribution in [0.5, 0.6) is 0 Å². The van der Waals surface area contributed by atoms with E-state index in [2.05, 4.69) is 15.1 Å². The van der Waals surface area contributed by atoms with Gasteiger partial charge in [-0.3, -0.25) is 14.5 Å². The largest absolute Gasteiger partial charge is 0.366 e. The van der Waals surface area contributed by atoms with E-state index in [1.165, 1.54) is 6.42 Å². The van der Waals surface area contributed by atoms with Crippen molar-refractivity contribution in [2.24, 2.45) is 5.73 Å². The van der Waals surface area contributed by atoms with E-state index in [9.17, 15) is 9.59 Å². The molecule has 22 heavy (non-hydrogen) atoms.